The molecule has 531 valence electrons. The van der Waals surface area contributed by atoms with E-state index in [1.54, 1.807) is 0 Å². The Hall–Kier alpha value is -9.40. The fourth-order valence-corrected chi connectivity index (χ4v) is 16.4. The van der Waals surface area contributed by atoms with E-state index in [4.69, 9.17) is 39.9 Å². The first-order valence-electron chi connectivity index (χ1n) is 37.5. The largest absolute Gasteiger partial charge is 2.00 e. The van der Waals surface area contributed by atoms with Crippen molar-refractivity contribution >= 4 is 130 Å². The summed E-state index contributed by atoms with van der Waals surface area (Å²) in [5.74, 6) is 2.10. The van der Waals surface area contributed by atoms with Gasteiger partial charge in [0.1, 0.15) is 0 Å². The van der Waals surface area contributed by atoms with Crippen molar-refractivity contribution < 1.29 is 17.1 Å². The van der Waals surface area contributed by atoms with Gasteiger partial charge in [-0.15, -0.1) is 0 Å². The second kappa shape index (κ2) is 22.8. The van der Waals surface area contributed by atoms with Crippen LogP contribution in [0.25, 0.3) is 176 Å². The molecule has 0 unspecified atom stereocenters. The van der Waals surface area contributed by atoms with Crippen LogP contribution >= 0.6 is 0 Å². The zero-order valence-corrected chi connectivity index (χ0v) is 66.7. The molecule has 0 aliphatic carbocycles. The standard InChI is InChI=1S/C96H96N8.Cu/c1-89(2,3)49-25-33-57-65(41-49)66-42-50(90(4,5)6)26-34-58(66)74-73(57)81-97-82(74)102-84-77-61-37-29-53(93(13,14)15)45-69(61)70-46-54(94(16,17)18)30-38-62(70)78(77)86(99-84)104-88-80-64-40-32-56(96(22,23)24)48-72(64)71-47-55(95(19,20)21)31-39-63(71)79(80)87(100-88)103-85-76-60-36-28-52(92(10,11)12)44-68(60)67-43-51(91(7,8)9)27-35-59(67)75(76)83(98-85)101-81;/h25-48H,1-24H3;/q-2;+2. The van der Waals surface area contributed by atoms with Crippen LogP contribution < -0.4 is 9.97 Å². The molecule has 0 saturated carbocycles. The van der Waals surface area contributed by atoms with E-state index in [9.17, 15) is 0 Å². The summed E-state index contributed by atoms with van der Waals surface area (Å²) in [4.78, 5) is 47.6. The van der Waals surface area contributed by atoms with Crippen LogP contribution in [-0.4, -0.2) is 29.9 Å². The number of fused-ring (bicyclic) bond motifs is 40. The van der Waals surface area contributed by atoms with E-state index < -0.39 is 0 Å². The zero-order chi connectivity index (χ0) is 73.7. The average molecular weight is 1430 g/mol. The second-order valence-electron chi connectivity index (χ2n) is 38.6. The van der Waals surface area contributed by atoms with Gasteiger partial charge in [0, 0.05) is 66.4 Å². The van der Waals surface area contributed by atoms with Crippen LogP contribution in [0.5, 0.6) is 0 Å². The fraction of sp³-hybridized carbons (Fsp3) is 0.333. The molecule has 2 aliphatic rings. The SMILES string of the molecule is CC(C)(C)c1ccc2c3c(c4ccc(C(C)(C)C)cc4c2c1)-c1nc-3nc2[n-]c(nc3nc(nc4[n-]c(n1)c1c5ccc(C(C)(C)C)cc5c5cc(C(C)(C)C)ccc5c41)-c1c-3c3ccc(C(C)(C)C)cc3c3cc(C(C)(C)C)ccc13)c1c3ccc(C(C)(C)C)cc3c3cc(C(C)(C)C)ccc3c21.[Cu+2]. The second-order valence-corrected chi connectivity index (χ2v) is 38.6. The van der Waals surface area contributed by atoms with Gasteiger partial charge in [0.05, 0.1) is 23.3 Å². The maximum absolute atomic E-state index is 6.02. The van der Waals surface area contributed by atoms with Gasteiger partial charge in [-0.05, 0) is 223 Å². The van der Waals surface area contributed by atoms with Gasteiger partial charge in [0.15, 0.2) is 0 Å². The van der Waals surface area contributed by atoms with Crippen molar-refractivity contribution in [3.63, 3.8) is 0 Å². The maximum Gasteiger partial charge on any atom is 2.00 e. The first-order chi connectivity index (χ1) is 48.6. The third-order valence-corrected chi connectivity index (χ3v) is 22.9. The van der Waals surface area contributed by atoms with E-state index in [1.165, 1.54) is 44.5 Å². The van der Waals surface area contributed by atoms with Crippen LogP contribution in [0.2, 0.25) is 0 Å². The molecule has 8 bridgehead atoms. The number of nitrogens with zero attached hydrogens (tertiary/aromatic N) is 8. The van der Waals surface area contributed by atoms with Crippen molar-refractivity contribution in [3.05, 3.63) is 190 Å². The summed E-state index contributed by atoms with van der Waals surface area (Å²) >= 11 is 0. The molecule has 1 radical (unpaired) electrons. The molecule has 2 aliphatic heterocycles. The molecule has 8 nitrogen and oxygen atoms in total. The molecular formula is C96H96CuN8. The van der Waals surface area contributed by atoms with Crippen molar-refractivity contribution in [1.29, 1.82) is 0 Å². The summed E-state index contributed by atoms with van der Waals surface area (Å²) in [5, 5.41) is 21.0. The number of hydrogen-bond donors (Lipinski definition) is 0. The molecular weight excluding hydrogens is 1330 g/mol. The van der Waals surface area contributed by atoms with Crippen LogP contribution in [0.4, 0.5) is 0 Å². The average Bonchev–Trinajstić information content (AvgIpc) is 1.59. The Morgan fingerprint density at radius 2 is 0.324 bits per heavy atom. The van der Waals surface area contributed by atoms with Crippen LogP contribution in [-0.2, 0) is 60.4 Å². The summed E-state index contributed by atoms with van der Waals surface area (Å²) in [5.41, 5.74) is 14.5. The van der Waals surface area contributed by atoms with Gasteiger partial charge in [-0.2, -0.15) is 0 Å². The molecule has 0 N–H and O–H groups in total. The van der Waals surface area contributed by atoms with Gasteiger partial charge in [0.2, 0.25) is 0 Å². The molecule has 0 amide bonds. The molecule has 0 atom stereocenters. The molecule has 0 spiro atoms. The minimum Gasteiger partial charge on any atom is -0.357 e. The fourth-order valence-electron chi connectivity index (χ4n) is 16.4. The number of benzene rings is 12. The smallest absolute Gasteiger partial charge is 0.357 e. The Bertz CT molecular complexity index is 5760. The Kier molecular flexibility index (Phi) is 15.2. The van der Waals surface area contributed by atoms with E-state index >= 15 is 0 Å². The first-order valence-corrected chi connectivity index (χ1v) is 37.5. The molecule has 0 saturated heterocycles. The van der Waals surface area contributed by atoms with Crippen molar-refractivity contribution in [2.45, 2.75) is 209 Å². The van der Waals surface area contributed by atoms with Gasteiger partial charge in [0.25, 0.3) is 0 Å². The minimum absolute atomic E-state index is 0. The molecule has 12 aromatic carbocycles. The van der Waals surface area contributed by atoms with Gasteiger partial charge in [-0.3, -0.25) is 0 Å². The third-order valence-electron chi connectivity index (χ3n) is 22.9. The topological polar surface area (TPSA) is 106 Å². The summed E-state index contributed by atoms with van der Waals surface area (Å²) in [6, 6.07) is 56.2. The monoisotopic (exact) mass is 1420 g/mol. The van der Waals surface area contributed by atoms with Crippen LogP contribution in [0.3, 0.4) is 0 Å². The summed E-state index contributed by atoms with van der Waals surface area (Å²) in [7, 11) is 0. The molecule has 105 heavy (non-hydrogen) atoms. The predicted octanol–water partition coefficient (Wildman–Crippen LogP) is 25.7. The quantitative estimate of drug-likeness (QED) is 0.109. The van der Waals surface area contributed by atoms with Gasteiger partial charge >= 0.3 is 17.1 Å². The Balaban J connectivity index is 0.00000847. The van der Waals surface area contributed by atoms with E-state index in [2.05, 4.69) is 312 Å². The van der Waals surface area contributed by atoms with Crippen molar-refractivity contribution in [1.82, 2.24) is 39.9 Å². The number of rotatable bonds is 0. The van der Waals surface area contributed by atoms with Crippen molar-refractivity contribution in [2.24, 2.45) is 0 Å². The summed E-state index contributed by atoms with van der Waals surface area (Å²) in [6.45, 7) is 55.2. The minimum atomic E-state index is -0.142. The van der Waals surface area contributed by atoms with E-state index in [1.807, 2.05) is 0 Å². The van der Waals surface area contributed by atoms with Crippen molar-refractivity contribution in [2.75, 3.05) is 0 Å². The normalized spacial score (nSPS) is 13.6. The molecule has 0 fully saturated rings. The molecule has 3 aromatic heterocycles. The van der Waals surface area contributed by atoms with Gasteiger partial charge in [-0.1, -0.05) is 263 Å². The van der Waals surface area contributed by atoms with E-state index in [-0.39, 0.29) is 60.4 Å². The third kappa shape index (κ3) is 11.1. The molecule has 15 aromatic rings. The predicted molar refractivity (Wildman–Crippen MR) is 444 cm³/mol. The van der Waals surface area contributed by atoms with Gasteiger partial charge < -0.3 is 29.9 Å². The van der Waals surface area contributed by atoms with Crippen LogP contribution in [0, 0.1) is 0 Å². The summed E-state index contributed by atoms with van der Waals surface area (Å²) < 4.78 is 0. The first kappa shape index (κ1) is 69.9. The summed E-state index contributed by atoms with van der Waals surface area (Å²) in [6.07, 6.45) is 0. The number of hydrogen-bond acceptors (Lipinski definition) is 6. The van der Waals surface area contributed by atoms with Crippen molar-refractivity contribution in [3.8, 4) is 45.6 Å². The van der Waals surface area contributed by atoms with Crippen LogP contribution in [0.1, 0.15) is 211 Å². The van der Waals surface area contributed by atoms with E-state index in [0.29, 0.717) is 45.9 Å². The van der Waals surface area contributed by atoms with Gasteiger partial charge in [-0.25, -0.2) is 9.97 Å². The van der Waals surface area contributed by atoms with E-state index in [0.717, 1.165) is 130 Å². The molecule has 17 rings (SSSR count). The Morgan fingerprint density at radius 1 is 0.181 bits per heavy atom. The molecule has 5 heterocycles. The Labute approximate surface area is 628 Å². The maximum atomic E-state index is 6.02. The molecule has 9 heteroatoms. The Morgan fingerprint density at radius 3 is 0.476 bits per heavy atom. The number of aromatic nitrogens is 8. The zero-order valence-electron chi connectivity index (χ0n) is 65.7. The van der Waals surface area contributed by atoms with Crippen LogP contribution in [0.15, 0.2) is 146 Å².